The summed E-state index contributed by atoms with van der Waals surface area (Å²) in [6.45, 7) is 5.37. The summed E-state index contributed by atoms with van der Waals surface area (Å²) >= 11 is 4.84. The predicted molar refractivity (Wildman–Crippen MR) is 58.5 cm³/mol. The predicted octanol–water partition coefficient (Wildman–Crippen LogP) is 2.79. The quantitative estimate of drug-likeness (QED) is 0.779. The third kappa shape index (κ3) is 2.12. The molecule has 1 atom stereocenters. The number of nitrogens with one attached hydrogen (secondary N) is 1. The third-order valence-electron chi connectivity index (χ3n) is 2.55. The summed E-state index contributed by atoms with van der Waals surface area (Å²) in [5.74, 6) is -0.452. The number of carboxylic acids is 1. The van der Waals surface area contributed by atoms with E-state index in [1.54, 1.807) is 13.8 Å². The number of aryl methyl sites for hydroxylation is 1. The molecule has 0 spiro atoms. The van der Waals surface area contributed by atoms with E-state index in [2.05, 4.69) is 4.98 Å². The van der Waals surface area contributed by atoms with Crippen LogP contribution in [0.2, 0.25) is 0 Å². The first-order valence-corrected chi connectivity index (χ1v) is 5.26. The highest BCUT2D eigenvalue weighted by atomic mass is 32.1. The van der Waals surface area contributed by atoms with Crippen LogP contribution in [0.4, 0.5) is 0 Å². The van der Waals surface area contributed by atoms with E-state index in [1.807, 2.05) is 6.92 Å². The van der Waals surface area contributed by atoms with Gasteiger partial charge in [-0.3, -0.25) is 4.79 Å². The lowest BCUT2D eigenvalue weighted by Gasteiger charge is -2.21. The van der Waals surface area contributed by atoms with Gasteiger partial charge in [0.1, 0.15) is 11.2 Å². The first-order valence-electron chi connectivity index (χ1n) is 4.85. The van der Waals surface area contributed by atoms with Crippen LogP contribution in [-0.4, -0.2) is 16.1 Å². The molecule has 15 heavy (non-hydrogen) atoms. The van der Waals surface area contributed by atoms with Crippen molar-refractivity contribution < 1.29 is 14.3 Å². The zero-order chi connectivity index (χ0) is 11.6. The molecule has 5 heteroatoms. The highest BCUT2D eigenvalue weighted by molar-refractivity contribution is 7.71. The maximum absolute atomic E-state index is 11.3. The van der Waals surface area contributed by atoms with Gasteiger partial charge >= 0.3 is 5.97 Å². The minimum absolute atomic E-state index is 0.228. The average Bonchev–Trinajstić information content (AvgIpc) is 2.45. The van der Waals surface area contributed by atoms with Crippen molar-refractivity contribution in [1.82, 2.24) is 4.98 Å². The Labute approximate surface area is 93.3 Å². The van der Waals surface area contributed by atoms with Crippen LogP contribution < -0.4 is 0 Å². The van der Waals surface area contributed by atoms with Gasteiger partial charge in [0.15, 0.2) is 0 Å². The maximum atomic E-state index is 11.3. The molecule has 1 aromatic heterocycles. The van der Waals surface area contributed by atoms with Crippen LogP contribution in [0.1, 0.15) is 38.1 Å². The highest BCUT2D eigenvalue weighted by Crippen LogP contribution is 2.31. The second kappa shape index (κ2) is 4.18. The van der Waals surface area contributed by atoms with Gasteiger partial charge < -0.3 is 14.5 Å². The van der Waals surface area contributed by atoms with Crippen LogP contribution in [0.25, 0.3) is 0 Å². The lowest BCUT2D eigenvalue weighted by atomic mass is 9.82. The molecule has 4 nitrogen and oxygen atoms in total. The molecule has 0 bridgehead atoms. The number of hydrogen-bond donors (Lipinski definition) is 2. The largest absolute Gasteiger partial charge is 0.480 e. The van der Waals surface area contributed by atoms with Gasteiger partial charge in [0.25, 0.3) is 4.84 Å². The molecule has 1 aromatic rings. The molecule has 0 amide bonds. The van der Waals surface area contributed by atoms with Gasteiger partial charge in [0.05, 0.1) is 5.69 Å². The summed E-state index contributed by atoms with van der Waals surface area (Å²) in [6.07, 6.45) is 1.30. The monoisotopic (exact) mass is 229 g/mol. The normalized spacial score (nSPS) is 14.9. The van der Waals surface area contributed by atoms with Gasteiger partial charge in [-0.2, -0.15) is 0 Å². The fraction of sp³-hybridized carbons (Fsp3) is 0.600. The summed E-state index contributed by atoms with van der Waals surface area (Å²) in [5, 5.41) is 9.24. The third-order valence-corrected chi connectivity index (χ3v) is 2.73. The number of aliphatic carboxylic acids is 1. The molecular formula is C10H15NO3S. The molecule has 1 heterocycles. The fourth-order valence-corrected chi connectivity index (χ4v) is 1.99. The molecule has 0 radical (unpaired) electrons. The molecule has 1 unspecified atom stereocenters. The average molecular weight is 229 g/mol. The van der Waals surface area contributed by atoms with Gasteiger partial charge in [-0.15, -0.1) is 0 Å². The molecule has 1 rings (SSSR count). The Balaban J connectivity index is 3.26. The Morgan fingerprint density at radius 2 is 2.27 bits per heavy atom. The Morgan fingerprint density at radius 3 is 2.60 bits per heavy atom. The van der Waals surface area contributed by atoms with Gasteiger partial charge in [0.2, 0.25) is 0 Å². The number of rotatable bonds is 4. The second-order valence-electron chi connectivity index (χ2n) is 3.86. The number of aromatic nitrogens is 1. The Kier molecular flexibility index (Phi) is 3.34. The number of oxazole rings is 1. The number of hydrogen-bond acceptors (Lipinski definition) is 3. The standard InChI is InChI=1S/C10H15NO3S/c1-4-5-10(3,8(12)13)7-6(2)11-9(15)14-7/h4-5H2,1-3H3,(H,11,15)(H,12,13). The van der Waals surface area contributed by atoms with E-state index < -0.39 is 11.4 Å². The van der Waals surface area contributed by atoms with Crippen molar-refractivity contribution >= 4 is 18.2 Å². The highest BCUT2D eigenvalue weighted by Gasteiger charge is 2.39. The zero-order valence-corrected chi connectivity index (χ0v) is 9.90. The molecule has 0 fully saturated rings. The van der Waals surface area contributed by atoms with Crippen molar-refractivity contribution in [3.05, 3.63) is 16.3 Å². The molecular weight excluding hydrogens is 214 g/mol. The minimum Gasteiger partial charge on any atom is -0.480 e. The topological polar surface area (TPSA) is 66.2 Å². The Hall–Kier alpha value is -1.10. The summed E-state index contributed by atoms with van der Waals surface area (Å²) in [6, 6.07) is 0. The summed E-state index contributed by atoms with van der Waals surface area (Å²) in [7, 11) is 0. The van der Waals surface area contributed by atoms with Crippen molar-refractivity contribution in [3.8, 4) is 0 Å². The first-order chi connectivity index (χ1) is 6.91. The molecule has 0 aliphatic carbocycles. The Morgan fingerprint density at radius 1 is 1.67 bits per heavy atom. The molecule has 0 aliphatic heterocycles. The van der Waals surface area contributed by atoms with E-state index in [9.17, 15) is 9.90 Å². The zero-order valence-electron chi connectivity index (χ0n) is 9.09. The minimum atomic E-state index is -0.994. The van der Waals surface area contributed by atoms with Gasteiger partial charge in [0, 0.05) is 0 Å². The van der Waals surface area contributed by atoms with E-state index in [0.717, 1.165) is 6.42 Å². The lowest BCUT2D eigenvalue weighted by molar-refractivity contribution is -0.144. The van der Waals surface area contributed by atoms with E-state index >= 15 is 0 Å². The molecule has 2 N–H and O–H groups in total. The number of carboxylic acid groups (broad SMARTS) is 1. The molecule has 84 valence electrons. The summed E-state index contributed by atoms with van der Waals surface area (Å²) < 4.78 is 5.27. The summed E-state index contributed by atoms with van der Waals surface area (Å²) in [4.78, 5) is 14.3. The van der Waals surface area contributed by atoms with Gasteiger partial charge in [-0.25, -0.2) is 0 Å². The lowest BCUT2D eigenvalue weighted by Crippen LogP contribution is -2.32. The smallest absolute Gasteiger partial charge is 0.317 e. The van der Waals surface area contributed by atoms with Crippen LogP contribution >= 0.6 is 12.2 Å². The van der Waals surface area contributed by atoms with E-state index in [4.69, 9.17) is 16.6 Å². The number of H-pyrrole nitrogens is 1. The van der Waals surface area contributed by atoms with Crippen molar-refractivity contribution in [2.75, 3.05) is 0 Å². The molecule has 0 saturated carbocycles. The molecule has 0 saturated heterocycles. The van der Waals surface area contributed by atoms with Crippen LogP contribution in [0.5, 0.6) is 0 Å². The molecule has 0 aliphatic rings. The van der Waals surface area contributed by atoms with Crippen LogP contribution in [0.15, 0.2) is 4.42 Å². The van der Waals surface area contributed by atoms with Gasteiger partial charge in [-0.05, 0) is 32.5 Å². The van der Waals surface area contributed by atoms with Crippen molar-refractivity contribution in [2.24, 2.45) is 0 Å². The number of aromatic amines is 1. The van der Waals surface area contributed by atoms with Gasteiger partial charge in [-0.1, -0.05) is 13.3 Å². The van der Waals surface area contributed by atoms with Crippen molar-refractivity contribution in [2.45, 2.75) is 39.0 Å². The first kappa shape index (κ1) is 12.0. The summed E-state index contributed by atoms with van der Waals surface area (Å²) in [5.41, 5.74) is -0.301. The van der Waals surface area contributed by atoms with Crippen molar-refractivity contribution in [3.63, 3.8) is 0 Å². The SMILES string of the molecule is CCCC(C)(C(=O)O)c1oc(=S)[nH]c1C. The van der Waals surface area contributed by atoms with Crippen molar-refractivity contribution in [1.29, 1.82) is 0 Å². The van der Waals surface area contributed by atoms with Crippen LogP contribution in [-0.2, 0) is 10.2 Å². The second-order valence-corrected chi connectivity index (χ2v) is 4.23. The fourth-order valence-electron chi connectivity index (χ4n) is 1.75. The van der Waals surface area contributed by atoms with Crippen LogP contribution in [0, 0.1) is 11.8 Å². The number of carbonyl (C=O) groups is 1. The maximum Gasteiger partial charge on any atom is 0.317 e. The Bertz CT molecular complexity index is 421. The van der Waals surface area contributed by atoms with E-state index in [-0.39, 0.29) is 4.84 Å². The van der Waals surface area contributed by atoms with E-state index in [0.29, 0.717) is 17.9 Å². The van der Waals surface area contributed by atoms with Crippen LogP contribution in [0.3, 0.4) is 0 Å². The van der Waals surface area contributed by atoms with E-state index in [1.165, 1.54) is 0 Å². The molecule has 0 aromatic carbocycles.